The molecule has 2 saturated heterocycles. The number of H-pyrrole nitrogens is 1. The van der Waals surface area contributed by atoms with Crippen LogP contribution in [0.15, 0.2) is 42.9 Å². The maximum absolute atomic E-state index is 8.99. The zero-order chi connectivity index (χ0) is 22.2. The second-order valence-electron chi connectivity index (χ2n) is 8.89. The zero-order valence-corrected chi connectivity index (χ0v) is 18.2. The van der Waals surface area contributed by atoms with E-state index in [-0.39, 0.29) is 0 Å². The van der Waals surface area contributed by atoms with Crippen LogP contribution in [-0.2, 0) is 0 Å². The minimum atomic E-state index is 0.351. The molecule has 0 radical (unpaired) electrons. The Kier molecular flexibility index (Phi) is 5.00. The Hall–Kier alpha value is -3.77. The molecule has 3 atom stereocenters. The molecule has 4 aromatic heterocycles. The van der Waals surface area contributed by atoms with E-state index in [0.717, 1.165) is 47.0 Å². The second-order valence-corrected chi connectivity index (χ2v) is 8.89. The highest BCUT2D eigenvalue weighted by molar-refractivity contribution is 5.94. The van der Waals surface area contributed by atoms with Crippen LogP contribution in [0.1, 0.15) is 32.1 Å². The van der Waals surface area contributed by atoms with Crippen LogP contribution in [0.5, 0.6) is 0 Å². The molecule has 0 spiro atoms. The molecule has 6 rings (SSSR count). The summed E-state index contributed by atoms with van der Waals surface area (Å²) in [5, 5.41) is 25.5. The monoisotopic (exact) mass is 439 g/mol. The van der Waals surface area contributed by atoms with Crippen molar-refractivity contribution in [2.24, 2.45) is 0 Å². The maximum atomic E-state index is 8.99. The lowest BCUT2D eigenvalue weighted by Crippen LogP contribution is -2.47. The van der Waals surface area contributed by atoms with E-state index in [4.69, 9.17) is 10.2 Å². The Morgan fingerprint density at radius 3 is 2.85 bits per heavy atom. The van der Waals surface area contributed by atoms with Crippen LogP contribution in [0.25, 0.3) is 21.8 Å². The molecule has 2 aliphatic rings. The van der Waals surface area contributed by atoms with Crippen molar-refractivity contribution in [1.29, 1.82) is 5.26 Å². The van der Waals surface area contributed by atoms with Crippen molar-refractivity contribution >= 4 is 39.3 Å². The SMILES string of the molecule is N#CCCN1[C@@H]2CC[C@H]1CC(Nc1nc(Nc3n[nH]c4cnccc34)cc3ncccc13)C2. The number of anilines is 3. The normalized spacial score (nSPS) is 22.5. The van der Waals surface area contributed by atoms with Crippen LogP contribution in [0.3, 0.4) is 0 Å². The van der Waals surface area contributed by atoms with Crippen LogP contribution in [-0.4, -0.2) is 54.7 Å². The number of aromatic nitrogens is 5. The molecule has 1 unspecified atom stereocenters. The van der Waals surface area contributed by atoms with E-state index >= 15 is 0 Å². The van der Waals surface area contributed by atoms with Gasteiger partial charge in [-0.25, -0.2) is 4.98 Å². The number of nitrogens with one attached hydrogen (secondary N) is 3. The molecule has 0 saturated carbocycles. The van der Waals surface area contributed by atoms with E-state index in [9.17, 15) is 0 Å². The van der Waals surface area contributed by atoms with E-state index in [1.165, 1.54) is 12.8 Å². The maximum Gasteiger partial charge on any atom is 0.161 e. The van der Waals surface area contributed by atoms with Crippen molar-refractivity contribution in [3.05, 3.63) is 42.9 Å². The van der Waals surface area contributed by atoms with Gasteiger partial charge in [0.2, 0.25) is 0 Å². The van der Waals surface area contributed by atoms with Gasteiger partial charge in [-0.15, -0.1) is 0 Å². The Balaban J connectivity index is 1.28. The van der Waals surface area contributed by atoms with Crippen LogP contribution in [0.2, 0.25) is 0 Å². The fourth-order valence-corrected chi connectivity index (χ4v) is 5.46. The Morgan fingerprint density at radius 2 is 2.00 bits per heavy atom. The first-order valence-corrected chi connectivity index (χ1v) is 11.5. The smallest absolute Gasteiger partial charge is 0.161 e. The quantitative estimate of drug-likeness (QED) is 0.413. The highest BCUT2D eigenvalue weighted by Gasteiger charge is 2.40. The van der Waals surface area contributed by atoms with Crippen LogP contribution < -0.4 is 10.6 Å². The van der Waals surface area contributed by atoms with Crippen LogP contribution in [0, 0.1) is 11.3 Å². The third kappa shape index (κ3) is 3.72. The Bertz CT molecular complexity index is 1330. The summed E-state index contributed by atoms with van der Waals surface area (Å²) in [6, 6.07) is 11.6. The van der Waals surface area contributed by atoms with E-state index in [1.807, 2.05) is 18.2 Å². The van der Waals surface area contributed by atoms with E-state index < -0.39 is 0 Å². The summed E-state index contributed by atoms with van der Waals surface area (Å²) in [4.78, 5) is 16.2. The fraction of sp³-hybridized carbons (Fsp3) is 0.375. The van der Waals surface area contributed by atoms with Crippen molar-refractivity contribution in [2.45, 2.75) is 50.2 Å². The summed E-state index contributed by atoms with van der Waals surface area (Å²) in [7, 11) is 0. The average Bonchev–Trinajstić information content (AvgIpc) is 3.34. The van der Waals surface area contributed by atoms with Gasteiger partial charge in [0.05, 0.1) is 23.3 Å². The highest BCUT2D eigenvalue weighted by Crippen LogP contribution is 2.37. The summed E-state index contributed by atoms with van der Waals surface area (Å²) in [6.45, 7) is 0.885. The molecule has 2 fully saturated rings. The molecule has 2 aliphatic heterocycles. The van der Waals surface area contributed by atoms with Gasteiger partial charge in [-0.1, -0.05) is 0 Å². The van der Waals surface area contributed by atoms with Crippen molar-refractivity contribution in [3.63, 3.8) is 0 Å². The number of pyridine rings is 3. The molecular weight excluding hydrogens is 414 g/mol. The Morgan fingerprint density at radius 1 is 1.12 bits per heavy atom. The molecule has 33 heavy (non-hydrogen) atoms. The number of aromatic amines is 1. The zero-order valence-electron chi connectivity index (χ0n) is 18.2. The minimum absolute atomic E-state index is 0.351. The molecule has 9 nitrogen and oxygen atoms in total. The topological polar surface area (TPSA) is 118 Å². The minimum Gasteiger partial charge on any atom is -0.367 e. The first-order valence-electron chi connectivity index (χ1n) is 11.5. The van der Waals surface area contributed by atoms with E-state index in [1.54, 1.807) is 18.6 Å². The molecule has 6 heterocycles. The first-order chi connectivity index (χ1) is 16.3. The predicted octanol–water partition coefficient (Wildman–Crippen LogP) is 3.97. The van der Waals surface area contributed by atoms with Crippen molar-refractivity contribution in [3.8, 4) is 6.07 Å². The standard InChI is InChI=1S/C24H25N9/c25-7-2-10-33-16-4-5-17(33)12-15(11-16)28-23-18-3-1-8-27-20(18)13-22(29-23)30-24-19-6-9-26-14-21(19)31-32-24/h1,3,6,8-9,13-17H,2,4-5,10-12H2,(H3,28,29,30,31,32)/t15?,16-,17+. The van der Waals surface area contributed by atoms with Gasteiger partial charge in [0, 0.05) is 60.3 Å². The number of fused-ring (bicyclic) bond motifs is 4. The number of piperidine rings is 1. The summed E-state index contributed by atoms with van der Waals surface area (Å²) < 4.78 is 0. The Labute approximate surface area is 191 Å². The lowest BCUT2D eigenvalue weighted by Gasteiger charge is -2.39. The molecule has 3 N–H and O–H groups in total. The number of rotatable bonds is 6. The van der Waals surface area contributed by atoms with Gasteiger partial charge in [-0.2, -0.15) is 10.4 Å². The second kappa shape index (κ2) is 8.30. The number of hydrogen-bond acceptors (Lipinski definition) is 8. The summed E-state index contributed by atoms with van der Waals surface area (Å²) in [6.07, 6.45) is 10.5. The number of nitriles is 1. The van der Waals surface area contributed by atoms with Gasteiger partial charge in [0.1, 0.15) is 11.6 Å². The third-order valence-electron chi connectivity index (χ3n) is 6.92. The van der Waals surface area contributed by atoms with Gasteiger partial charge in [-0.3, -0.25) is 20.0 Å². The summed E-state index contributed by atoms with van der Waals surface area (Å²) in [5.74, 6) is 2.26. The van der Waals surface area contributed by atoms with Gasteiger partial charge in [0.25, 0.3) is 0 Å². The van der Waals surface area contributed by atoms with Crippen LogP contribution in [0.4, 0.5) is 17.5 Å². The molecule has 166 valence electrons. The van der Waals surface area contributed by atoms with Crippen LogP contribution >= 0.6 is 0 Å². The molecule has 0 aliphatic carbocycles. The number of hydrogen-bond donors (Lipinski definition) is 3. The average molecular weight is 440 g/mol. The predicted molar refractivity (Wildman–Crippen MR) is 127 cm³/mol. The lowest BCUT2D eigenvalue weighted by molar-refractivity contribution is 0.136. The summed E-state index contributed by atoms with van der Waals surface area (Å²) in [5.41, 5.74) is 1.75. The van der Waals surface area contributed by atoms with Gasteiger partial charge in [-0.05, 0) is 43.9 Å². The van der Waals surface area contributed by atoms with Gasteiger partial charge < -0.3 is 10.6 Å². The van der Waals surface area contributed by atoms with Crippen molar-refractivity contribution in [1.82, 2.24) is 30.0 Å². The molecule has 9 heteroatoms. The van der Waals surface area contributed by atoms with E-state index in [0.29, 0.717) is 36.2 Å². The van der Waals surface area contributed by atoms with Crippen molar-refractivity contribution < 1.29 is 0 Å². The molecule has 0 aromatic carbocycles. The molecule has 2 bridgehead atoms. The lowest BCUT2D eigenvalue weighted by atomic mass is 9.97. The fourth-order valence-electron chi connectivity index (χ4n) is 5.46. The molecular formula is C24H25N9. The van der Waals surface area contributed by atoms with Gasteiger partial charge in [0.15, 0.2) is 5.82 Å². The largest absolute Gasteiger partial charge is 0.367 e. The highest BCUT2D eigenvalue weighted by atomic mass is 15.2. The first kappa shape index (κ1) is 19.9. The van der Waals surface area contributed by atoms with Gasteiger partial charge >= 0.3 is 0 Å². The third-order valence-corrected chi connectivity index (χ3v) is 6.92. The van der Waals surface area contributed by atoms with E-state index in [2.05, 4.69) is 47.8 Å². The van der Waals surface area contributed by atoms with Crippen molar-refractivity contribution in [2.75, 3.05) is 17.2 Å². The summed E-state index contributed by atoms with van der Waals surface area (Å²) >= 11 is 0. The molecule has 0 amide bonds. The number of nitrogens with zero attached hydrogens (tertiary/aromatic N) is 6. The molecule has 4 aromatic rings.